The van der Waals surface area contributed by atoms with Crippen molar-refractivity contribution >= 4 is 23.4 Å². The van der Waals surface area contributed by atoms with E-state index >= 15 is 0 Å². The van der Waals surface area contributed by atoms with Gasteiger partial charge in [0.05, 0.1) is 4.92 Å². The van der Waals surface area contributed by atoms with Gasteiger partial charge in [-0.25, -0.2) is 0 Å². The minimum Gasteiger partial charge on any atom is -0.258 e. The molecule has 0 saturated heterocycles. The van der Waals surface area contributed by atoms with Crippen LogP contribution in [-0.4, -0.2) is 10.8 Å². The van der Waals surface area contributed by atoms with Gasteiger partial charge in [-0.15, -0.1) is 11.6 Å². The van der Waals surface area contributed by atoms with E-state index in [1.54, 1.807) is 12.1 Å². The van der Waals surface area contributed by atoms with Crippen LogP contribution in [0.25, 0.3) is 6.08 Å². The Labute approximate surface area is 93.5 Å². The number of nitro benzene ring substituents is 1. The van der Waals surface area contributed by atoms with Gasteiger partial charge >= 0.3 is 0 Å². The van der Waals surface area contributed by atoms with E-state index in [4.69, 9.17) is 11.6 Å². The highest BCUT2D eigenvalue weighted by Gasteiger charge is 2.04. The molecule has 80 valence electrons. The second-order valence-corrected chi connectivity index (χ2v) is 3.41. The minimum absolute atomic E-state index is 0.105. The van der Waals surface area contributed by atoms with Crippen molar-refractivity contribution in [1.29, 1.82) is 0 Å². The second kappa shape index (κ2) is 5.51. The van der Waals surface area contributed by atoms with Gasteiger partial charge in [-0.05, 0) is 12.0 Å². The quantitative estimate of drug-likeness (QED) is 0.446. The number of nitrogens with zero attached hydrogens (tertiary/aromatic N) is 1. The van der Waals surface area contributed by atoms with Gasteiger partial charge in [-0.2, -0.15) is 0 Å². The number of rotatable bonds is 4. The van der Waals surface area contributed by atoms with Crippen molar-refractivity contribution < 1.29 is 4.92 Å². The molecule has 1 aromatic carbocycles. The van der Waals surface area contributed by atoms with E-state index in [1.807, 2.05) is 19.1 Å². The maximum atomic E-state index is 10.5. The molecule has 0 heterocycles. The number of nitro groups is 1. The Morgan fingerprint density at radius 3 is 2.87 bits per heavy atom. The van der Waals surface area contributed by atoms with Gasteiger partial charge < -0.3 is 0 Å². The standard InChI is InChI=1S/C11H12ClNO2/c1-2-9(8-12)6-10-4-3-5-11(7-10)13(14)15/h3-7H,2,8H2,1H3. The van der Waals surface area contributed by atoms with E-state index < -0.39 is 4.92 Å². The molecular weight excluding hydrogens is 214 g/mol. The van der Waals surface area contributed by atoms with Crippen LogP contribution >= 0.6 is 11.6 Å². The largest absolute Gasteiger partial charge is 0.270 e. The Hall–Kier alpha value is -1.35. The summed E-state index contributed by atoms with van der Waals surface area (Å²) in [6.07, 6.45) is 2.74. The molecule has 0 fully saturated rings. The van der Waals surface area contributed by atoms with E-state index in [1.165, 1.54) is 6.07 Å². The molecule has 0 aliphatic heterocycles. The molecule has 0 aromatic heterocycles. The predicted octanol–water partition coefficient (Wildman–Crippen LogP) is 3.63. The lowest BCUT2D eigenvalue weighted by molar-refractivity contribution is -0.384. The van der Waals surface area contributed by atoms with Gasteiger partial charge in [-0.3, -0.25) is 10.1 Å². The number of hydrogen-bond acceptors (Lipinski definition) is 2. The topological polar surface area (TPSA) is 43.1 Å². The number of allylic oxidation sites excluding steroid dienone is 1. The lowest BCUT2D eigenvalue weighted by Gasteiger charge is -1.99. The molecule has 0 amide bonds. The summed E-state index contributed by atoms with van der Waals surface area (Å²) in [6, 6.07) is 6.52. The number of non-ortho nitro benzene ring substituents is 1. The zero-order valence-electron chi connectivity index (χ0n) is 8.44. The van der Waals surface area contributed by atoms with Crippen molar-refractivity contribution in [3.05, 3.63) is 45.5 Å². The third-order valence-corrected chi connectivity index (χ3v) is 2.42. The van der Waals surface area contributed by atoms with E-state index in [9.17, 15) is 10.1 Å². The summed E-state index contributed by atoms with van der Waals surface area (Å²) in [7, 11) is 0. The smallest absolute Gasteiger partial charge is 0.258 e. The Bertz CT molecular complexity index is 382. The molecule has 4 heteroatoms. The number of benzene rings is 1. The molecule has 1 rings (SSSR count). The summed E-state index contributed by atoms with van der Waals surface area (Å²) < 4.78 is 0. The van der Waals surface area contributed by atoms with Crippen LogP contribution in [0.4, 0.5) is 5.69 Å². The fraction of sp³-hybridized carbons (Fsp3) is 0.273. The first-order chi connectivity index (χ1) is 7.17. The van der Waals surface area contributed by atoms with Gasteiger partial charge in [0.1, 0.15) is 0 Å². The van der Waals surface area contributed by atoms with Crippen molar-refractivity contribution in [2.75, 3.05) is 5.88 Å². The molecule has 3 nitrogen and oxygen atoms in total. The molecule has 0 bridgehead atoms. The Balaban J connectivity index is 3.00. The van der Waals surface area contributed by atoms with E-state index in [2.05, 4.69) is 0 Å². The second-order valence-electron chi connectivity index (χ2n) is 3.14. The van der Waals surface area contributed by atoms with Gasteiger partial charge in [0, 0.05) is 18.0 Å². The highest BCUT2D eigenvalue weighted by Crippen LogP contribution is 2.17. The maximum absolute atomic E-state index is 10.5. The van der Waals surface area contributed by atoms with E-state index in [-0.39, 0.29) is 5.69 Å². The van der Waals surface area contributed by atoms with Crippen LogP contribution in [0, 0.1) is 10.1 Å². The highest BCUT2D eigenvalue weighted by molar-refractivity contribution is 6.19. The van der Waals surface area contributed by atoms with Crippen LogP contribution in [0.1, 0.15) is 18.9 Å². The summed E-state index contributed by atoms with van der Waals surface area (Å²) in [5.41, 5.74) is 1.99. The van der Waals surface area contributed by atoms with Crippen LogP contribution in [0.5, 0.6) is 0 Å². The van der Waals surface area contributed by atoms with Gasteiger partial charge in [-0.1, -0.05) is 30.7 Å². The number of alkyl halides is 1. The van der Waals surface area contributed by atoms with Crippen molar-refractivity contribution in [2.24, 2.45) is 0 Å². The molecule has 0 saturated carbocycles. The minimum atomic E-state index is -0.399. The summed E-state index contributed by atoms with van der Waals surface area (Å²) in [4.78, 5) is 10.1. The van der Waals surface area contributed by atoms with Crippen LogP contribution in [0.15, 0.2) is 29.8 Å². The molecule has 0 unspecified atom stereocenters. The van der Waals surface area contributed by atoms with Gasteiger partial charge in [0.15, 0.2) is 0 Å². The fourth-order valence-corrected chi connectivity index (χ4v) is 1.47. The fourth-order valence-electron chi connectivity index (χ4n) is 1.20. The summed E-state index contributed by atoms with van der Waals surface area (Å²) in [5, 5.41) is 10.5. The summed E-state index contributed by atoms with van der Waals surface area (Å²) in [6.45, 7) is 2.01. The first-order valence-electron chi connectivity index (χ1n) is 4.67. The molecule has 0 aliphatic rings. The van der Waals surface area contributed by atoms with Crippen molar-refractivity contribution in [3.8, 4) is 0 Å². The first kappa shape index (κ1) is 11.7. The number of halogens is 1. The molecular formula is C11H12ClNO2. The van der Waals surface area contributed by atoms with Gasteiger partial charge in [0.2, 0.25) is 0 Å². The molecule has 15 heavy (non-hydrogen) atoms. The zero-order valence-corrected chi connectivity index (χ0v) is 9.20. The molecule has 0 radical (unpaired) electrons. The molecule has 1 aromatic rings. The SMILES string of the molecule is CCC(=Cc1cccc([N+](=O)[O-])c1)CCl. The third kappa shape index (κ3) is 3.36. The van der Waals surface area contributed by atoms with Crippen LogP contribution in [-0.2, 0) is 0 Å². The summed E-state index contributed by atoms with van der Waals surface area (Å²) >= 11 is 5.72. The summed E-state index contributed by atoms with van der Waals surface area (Å²) in [5.74, 6) is 0.458. The zero-order chi connectivity index (χ0) is 11.3. The van der Waals surface area contributed by atoms with E-state index in [0.29, 0.717) is 5.88 Å². The maximum Gasteiger partial charge on any atom is 0.270 e. The van der Waals surface area contributed by atoms with Crippen molar-refractivity contribution in [2.45, 2.75) is 13.3 Å². The average Bonchev–Trinajstić information content (AvgIpc) is 2.26. The molecule has 0 atom stereocenters. The van der Waals surface area contributed by atoms with Crippen molar-refractivity contribution in [3.63, 3.8) is 0 Å². The number of hydrogen-bond donors (Lipinski definition) is 0. The molecule has 0 N–H and O–H groups in total. The normalized spacial score (nSPS) is 11.5. The first-order valence-corrected chi connectivity index (χ1v) is 5.20. The van der Waals surface area contributed by atoms with Crippen molar-refractivity contribution in [1.82, 2.24) is 0 Å². The Morgan fingerprint density at radius 1 is 1.60 bits per heavy atom. The molecule has 0 spiro atoms. The highest BCUT2D eigenvalue weighted by atomic mass is 35.5. The lowest BCUT2D eigenvalue weighted by atomic mass is 10.1. The monoisotopic (exact) mass is 225 g/mol. The average molecular weight is 226 g/mol. The van der Waals surface area contributed by atoms with Crippen LogP contribution in [0.2, 0.25) is 0 Å². The van der Waals surface area contributed by atoms with Crippen LogP contribution in [0.3, 0.4) is 0 Å². The predicted molar refractivity (Wildman–Crippen MR) is 62.1 cm³/mol. The lowest BCUT2D eigenvalue weighted by Crippen LogP contribution is -1.88. The molecule has 0 aliphatic carbocycles. The van der Waals surface area contributed by atoms with Gasteiger partial charge in [0.25, 0.3) is 5.69 Å². The third-order valence-electron chi connectivity index (χ3n) is 2.08. The van der Waals surface area contributed by atoms with E-state index in [0.717, 1.165) is 17.6 Å². The Morgan fingerprint density at radius 2 is 2.33 bits per heavy atom. The van der Waals surface area contributed by atoms with Crippen LogP contribution < -0.4 is 0 Å². The Kier molecular flexibility index (Phi) is 4.31.